The van der Waals surface area contributed by atoms with Gasteiger partial charge in [0.25, 0.3) is 0 Å². The molecule has 3 rings (SSSR count). The van der Waals surface area contributed by atoms with Gasteiger partial charge in [-0.1, -0.05) is 5.16 Å². The van der Waals surface area contributed by atoms with E-state index in [0.29, 0.717) is 6.54 Å². The Balaban J connectivity index is 1.85. The van der Waals surface area contributed by atoms with Gasteiger partial charge in [-0.25, -0.2) is 9.67 Å². The molecule has 0 amide bonds. The van der Waals surface area contributed by atoms with Crippen LogP contribution in [0.2, 0.25) is 0 Å². The Morgan fingerprint density at radius 2 is 2.15 bits per heavy atom. The van der Waals surface area contributed by atoms with Gasteiger partial charge in [0.2, 0.25) is 0 Å². The molecule has 0 aromatic carbocycles. The van der Waals surface area contributed by atoms with Gasteiger partial charge in [-0.2, -0.15) is 5.10 Å². The maximum absolute atomic E-state index is 5.16. The lowest BCUT2D eigenvalue weighted by Crippen LogP contribution is -2.07. The third-order valence-electron chi connectivity index (χ3n) is 3.14. The highest BCUT2D eigenvalue weighted by molar-refractivity contribution is 5.56. The van der Waals surface area contributed by atoms with Crippen molar-refractivity contribution in [2.75, 3.05) is 5.32 Å². The SMILES string of the molecule is Cc1noc(C)c1CNc1cccnc1-n1cccn1. The van der Waals surface area contributed by atoms with Crippen LogP contribution in [-0.2, 0) is 6.54 Å². The molecule has 102 valence electrons. The molecule has 0 saturated heterocycles. The van der Waals surface area contributed by atoms with Crippen molar-refractivity contribution in [1.82, 2.24) is 19.9 Å². The van der Waals surface area contributed by atoms with Crippen LogP contribution >= 0.6 is 0 Å². The average Bonchev–Trinajstić information content (AvgIpc) is 3.09. The lowest BCUT2D eigenvalue weighted by Gasteiger charge is -2.10. The predicted octanol–water partition coefficient (Wildman–Crippen LogP) is 2.48. The molecular weight excluding hydrogens is 254 g/mol. The van der Waals surface area contributed by atoms with E-state index in [1.165, 1.54) is 0 Å². The number of nitrogens with one attached hydrogen (secondary N) is 1. The summed E-state index contributed by atoms with van der Waals surface area (Å²) < 4.78 is 6.89. The van der Waals surface area contributed by atoms with Crippen LogP contribution in [0.5, 0.6) is 0 Å². The van der Waals surface area contributed by atoms with Crippen LogP contribution in [-0.4, -0.2) is 19.9 Å². The maximum atomic E-state index is 5.16. The van der Waals surface area contributed by atoms with Crippen molar-refractivity contribution in [2.24, 2.45) is 0 Å². The smallest absolute Gasteiger partial charge is 0.176 e. The lowest BCUT2D eigenvalue weighted by molar-refractivity contribution is 0.392. The zero-order chi connectivity index (χ0) is 13.9. The Hall–Kier alpha value is -2.63. The largest absolute Gasteiger partial charge is 0.378 e. The summed E-state index contributed by atoms with van der Waals surface area (Å²) in [5.74, 6) is 1.60. The third kappa shape index (κ3) is 2.27. The zero-order valence-electron chi connectivity index (χ0n) is 11.4. The van der Waals surface area contributed by atoms with Crippen LogP contribution in [0.3, 0.4) is 0 Å². The average molecular weight is 269 g/mol. The van der Waals surface area contributed by atoms with Gasteiger partial charge in [-0.3, -0.25) is 0 Å². The van der Waals surface area contributed by atoms with E-state index in [4.69, 9.17) is 4.52 Å². The topological polar surface area (TPSA) is 68.8 Å². The van der Waals surface area contributed by atoms with Crippen molar-refractivity contribution in [3.8, 4) is 5.82 Å². The first-order chi connectivity index (χ1) is 9.75. The quantitative estimate of drug-likeness (QED) is 0.788. The molecule has 0 radical (unpaired) electrons. The summed E-state index contributed by atoms with van der Waals surface area (Å²) in [4.78, 5) is 4.36. The number of nitrogens with zero attached hydrogens (tertiary/aromatic N) is 4. The third-order valence-corrected chi connectivity index (χ3v) is 3.14. The second kappa shape index (κ2) is 5.16. The molecule has 0 aliphatic heterocycles. The van der Waals surface area contributed by atoms with E-state index in [1.54, 1.807) is 17.1 Å². The standard InChI is InChI=1S/C14H15N5O/c1-10-12(11(2)20-18-10)9-16-13-5-3-6-15-14(13)19-8-4-7-17-19/h3-8,16H,9H2,1-2H3. The van der Waals surface area contributed by atoms with E-state index >= 15 is 0 Å². The summed E-state index contributed by atoms with van der Waals surface area (Å²) in [6.07, 6.45) is 5.34. The number of hydrogen-bond acceptors (Lipinski definition) is 5. The molecule has 0 saturated carbocycles. The zero-order valence-corrected chi connectivity index (χ0v) is 11.4. The molecule has 0 bridgehead atoms. The van der Waals surface area contributed by atoms with Crippen LogP contribution in [0, 0.1) is 13.8 Å². The van der Waals surface area contributed by atoms with E-state index in [1.807, 2.05) is 38.2 Å². The van der Waals surface area contributed by atoms with Gasteiger partial charge in [-0.05, 0) is 32.0 Å². The van der Waals surface area contributed by atoms with Gasteiger partial charge in [0.05, 0.1) is 11.4 Å². The molecular formula is C14H15N5O. The van der Waals surface area contributed by atoms with E-state index in [0.717, 1.165) is 28.5 Å². The van der Waals surface area contributed by atoms with Crippen LogP contribution in [0.4, 0.5) is 5.69 Å². The molecule has 0 atom stereocenters. The number of aromatic nitrogens is 4. The Bertz CT molecular complexity index is 683. The van der Waals surface area contributed by atoms with Gasteiger partial charge >= 0.3 is 0 Å². The maximum Gasteiger partial charge on any atom is 0.176 e. The highest BCUT2D eigenvalue weighted by Crippen LogP contribution is 2.19. The van der Waals surface area contributed by atoms with Crippen LogP contribution in [0.25, 0.3) is 5.82 Å². The van der Waals surface area contributed by atoms with Crippen molar-refractivity contribution in [2.45, 2.75) is 20.4 Å². The van der Waals surface area contributed by atoms with Crippen LogP contribution < -0.4 is 5.32 Å². The molecule has 0 fully saturated rings. The van der Waals surface area contributed by atoms with E-state index in [-0.39, 0.29) is 0 Å². The second-order valence-corrected chi connectivity index (χ2v) is 4.48. The minimum atomic E-state index is 0.640. The Morgan fingerprint density at radius 1 is 1.25 bits per heavy atom. The number of hydrogen-bond donors (Lipinski definition) is 1. The van der Waals surface area contributed by atoms with Gasteiger partial charge in [0.15, 0.2) is 5.82 Å². The molecule has 0 unspecified atom stereocenters. The first kappa shape index (κ1) is 12.4. The van der Waals surface area contributed by atoms with Gasteiger partial charge in [0.1, 0.15) is 5.76 Å². The van der Waals surface area contributed by atoms with Crippen LogP contribution in [0.15, 0.2) is 41.3 Å². The molecule has 6 heteroatoms. The molecule has 3 heterocycles. The minimum Gasteiger partial charge on any atom is -0.378 e. The molecule has 1 N–H and O–H groups in total. The fourth-order valence-electron chi connectivity index (χ4n) is 2.05. The van der Waals surface area contributed by atoms with Crippen molar-refractivity contribution in [1.29, 1.82) is 0 Å². The Morgan fingerprint density at radius 3 is 2.85 bits per heavy atom. The van der Waals surface area contributed by atoms with E-state index in [2.05, 4.69) is 20.6 Å². The summed E-state index contributed by atoms with van der Waals surface area (Å²) in [6.45, 7) is 4.49. The lowest BCUT2D eigenvalue weighted by atomic mass is 10.2. The van der Waals surface area contributed by atoms with E-state index < -0.39 is 0 Å². The first-order valence-electron chi connectivity index (χ1n) is 6.36. The van der Waals surface area contributed by atoms with Crippen molar-refractivity contribution < 1.29 is 4.52 Å². The fraction of sp³-hybridized carbons (Fsp3) is 0.214. The van der Waals surface area contributed by atoms with E-state index in [9.17, 15) is 0 Å². The van der Waals surface area contributed by atoms with Gasteiger partial charge in [-0.15, -0.1) is 0 Å². The molecule has 20 heavy (non-hydrogen) atoms. The highest BCUT2D eigenvalue weighted by Gasteiger charge is 2.10. The molecule has 0 aliphatic rings. The summed E-state index contributed by atoms with van der Waals surface area (Å²) >= 11 is 0. The number of rotatable bonds is 4. The number of aryl methyl sites for hydroxylation is 2. The minimum absolute atomic E-state index is 0.640. The van der Waals surface area contributed by atoms with Crippen molar-refractivity contribution >= 4 is 5.69 Å². The predicted molar refractivity (Wildman–Crippen MR) is 74.7 cm³/mol. The summed E-state index contributed by atoms with van der Waals surface area (Å²) in [5, 5.41) is 11.5. The molecule has 3 aromatic rings. The molecule has 3 aromatic heterocycles. The molecule has 0 spiro atoms. The number of anilines is 1. The summed E-state index contributed by atoms with van der Waals surface area (Å²) in [6, 6.07) is 5.73. The van der Waals surface area contributed by atoms with Crippen LogP contribution in [0.1, 0.15) is 17.0 Å². The van der Waals surface area contributed by atoms with Gasteiger partial charge < -0.3 is 9.84 Å². The molecule has 6 nitrogen and oxygen atoms in total. The number of pyridine rings is 1. The Labute approximate surface area is 116 Å². The summed E-state index contributed by atoms with van der Waals surface area (Å²) in [7, 11) is 0. The highest BCUT2D eigenvalue weighted by atomic mass is 16.5. The van der Waals surface area contributed by atoms with Crippen molar-refractivity contribution in [3.63, 3.8) is 0 Å². The Kier molecular flexibility index (Phi) is 3.20. The van der Waals surface area contributed by atoms with Gasteiger partial charge in [0, 0.05) is 30.7 Å². The molecule has 0 aliphatic carbocycles. The monoisotopic (exact) mass is 269 g/mol. The fourth-order valence-corrected chi connectivity index (χ4v) is 2.05. The van der Waals surface area contributed by atoms with Crippen molar-refractivity contribution in [3.05, 3.63) is 53.8 Å². The normalized spacial score (nSPS) is 10.7. The summed E-state index contributed by atoms with van der Waals surface area (Å²) in [5.41, 5.74) is 2.89. The second-order valence-electron chi connectivity index (χ2n) is 4.48. The first-order valence-corrected chi connectivity index (χ1v) is 6.36.